The highest BCUT2D eigenvalue weighted by Crippen LogP contribution is 2.26. The third kappa shape index (κ3) is 2.28. The van der Waals surface area contributed by atoms with Crippen molar-refractivity contribution < 1.29 is 9.90 Å². The summed E-state index contributed by atoms with van der Waals surface area (Å²) in [6, 6.07) is 0. The summed E-state index contributed by atoms with van der Waals surface area (Å²) in [6.45, 7) is 3.61. The molecular weight excluding hydrogens is 240 g/mol. The van der Waals surface area contributed by atoms with Crippen molar-refractivity contribution in [1.29, 1.82) is 0 Å². The van der Waals surface area contributed by atoms with E-state index in [1.807, 2.05) is 20.2 Å². The maximum atomic E-state index is 10.9. The number of nitrogens with one attached hydrogen (secondary N) is 1. The zero-order valence-electron chi connectivity index (χ0n) is 9.68. The number of carboxylic acid groups (broad SMARTS) is 1. The number of rotatable bonds is 3. The van der Waals surface area contributed by atoms with Gasteiger partial charge in [-0.3, -0.25) is 4.68 Å². The number of hydrogen-bond donors (Lipinski definition) is 2. The highest BCUT2D eigenvalue weighted by atomic mass is 32.1. The van der Waals surface area contributed by atoms with Crippen molar-refractivity contribution >= 4 is 28.1 Å². The van der Waals surface area contributed by atoms with Crippen LogP contribution in [0.1, 0.15) is 21.1 Å². The molecule has 2 rings (SSSR count). The second kappa shape index (κ2) is 4.17. The summed E-state index contributed by atoms with van der Waals surface area (Å²) in [5.74, 6) is -1.00. The Kier molecular flexibility index (Phi) is 2.84. The van der Waals surface area contributed by atoms with Gasteiger partial charge in [-0.25, -0.2) is 9.78 Å². The maximum Gasteiger partial charge on any atom is 0.355 e. The number of thiazole rings is 1. The van der Waals surface area contributed by atoms with E-state index in [0.29, 0.717) is 10.0 Å². The highest BCUT2D eigenvalue weighted by molar-refractivity contribution is 7.15. The lowest BCUT2D eigenvalue weighted by molar-refractivity contribution is 0.0690. The lowest BCUT2D eigenvalue weighted by atomic mass is 10.4. The summed E-state index contributed by atoms with van der Waals surface area (Å²) in [7, 11) is 1.83. The predicted octanol–water partition coefficient (Wildman–Crippen LogP) is 1.94. The Hall–Kier alpha value is -1.89. The predicted molar refractivity (Wildman–Crippen MR) is 65.0 cm³/mol. The Morgan fingerprint density at radius 3 is 2.71 bits per heavy atom. The number of hydrogen-bond acceptors (Lipinski definition) is 5. The highest BCUT2D eigenvalue weighted by Gasteiger charge is 2.15. The zero-order valence-corrected chi connectivity index (χ0v) is 10.5. The van der Waals surface area contributed by atoms with E-state index in [0.717, 1.165) is 11.4 Å². The molecule has 0 saturated carbocycles. The van der Waals surface area contributed by atoms with Crippen LogP contribution in [0.2, 0.25) is 0 Å². The van der Waals surface area contributed by atoms with E-state index in [-0.39, 0.29) is 5.69 Å². The first-order valence-corrected chi connectivity index (χ1v) is 5.77. The van der Waals surface area contributed by atoms with Crippen LogP contribution in [0, 0.1) is 13.8 Å². The van der Waals surface area contributed by atoms with Crippen LogP contribution in [-0.2, 0) is 7.05 Å². The zero-order chi connectivity index (χ0) is 12.6. The SMILES string of the molecule is Cc1nn(C)cc1Nc1nc(C(=O)O)c(C)s1. The van der Waals surface area contributed by atoms with Crippen molar-refractivity contribution in [2.75, 3.05) is 5.32 Å². The molecule has 7 heteroatoms. The molecule has 0 saturated heterocycles. The summed E-state index contributed by atoms with van der Waals surface area (Å²) in [5.41, 5.74) is 1.77. The molecule has 0 aliphatic carbocycles. The molecule has 2 heterocycles. The number of carboxylic acids is 1. The summed E-state index contributed by atoms with van der Waals surface area (Å²) in [5, 5.41) is 16.7. The average molecular weight is 252 g/mol. The number of aromatic nitrogens is 3. The fourth-order valence-electron chi connectivity index (χ4n) is 1.49. The molecule has 0 aliphatic rings. The van der Waals surface area contributed by atoms with Gasteiger partial charge in [0, 0.05) is 18.1 Å². The van der Waals surface area contributed by atoms with Gasteiger partial charge >= 0.3 is 5.97 Å². The van der Waals surface area contributed by atoms with E-state index in [2.05, 4.69) is 15.4 Å². The monoisotopic (exact) mass is 252 g/mol. The number of carbonyl (C=O) groups is 1. The van der Waals surface area contributed by atoms with E-state index in [1.54, 1.807) is 11.6 Å². The minimum atomic E-state index is -1.00. The molecule has 0 unspecified atom stereocenters. The molecule has 0 atom stereocenters. The minimum Gasteiger partial charge on any atom is -0.476 e. The van der Waals surface area contributed by atoms with Gasteiger partial charge in [-0.1, -0.05) is 0 Å². The molecule has 0 aliphatic heterocycles. The average Bonchev–Trinajstić information content (AvgIpc) is 2.71. The largest absolute Gasteiger partial charge is 0.476 e. The first-order valence-electron chi connectivity index (χ1n) is 4.95. The second-order valence-electron chi connectivity index (χ2n) is 3.66. The lowest BCUT2D eigenvalue weighted by Crippen LogP contribution is -1.99. The van der Waals surface area contributed by atoms with Gasteiger partial charge in [0.1, 0.15) is 0 Å². The first kappa shape index (κ1) is 11.6. The van der Waals surface area contributed by atoms with Gasteiger partial charge in [0.05, 0.1) is 11.4 Å². The Labute approximate surface area is 102 Å². The van der Waals surface area contributed by atoms with Crippen molar-refractivity contribution in [1.82, 2.24) is 14.8 Å². The van der Waals surface area contributed by atoms with Gasteiger partial charge in [-0.2, -0.15) is 5.10 Å². The van der Waals surface area contributed by atoms with Crippen molar-refractivity contribution in [3.8, 4) is 0 Å². The van der Waals surface area contributed by atoms with Gasteiger partial charge in [0.2, 0.25) is 0 Å². The van der Waals surface area contributed by atoms with Gasteiger partial charge in [-0.15, -0.1) is 11.3 Å². The third-order valence-corrected chi connectivity index (χ3v) is 3.14. The third-order valence-electron chi connectivity index (χ3n) is 2.25. The molecular formula is C10H12N4O2S. The van der Waals surface area contributed by atoms with E-state index in [1.165, 1.54) is 11.3 Å². The number of aryl methyl sites for hydroxylation is 3. The summed E-state index contributed by atoms with van der Waals surface area (Å²) < 4.78 is 1.69. The smallest absolute Gasteiger partial charge is 0.355 e. The van der Waals surface area contributed by atoms with Crippen LogP contribution in [0.4, 0.5) is 10.8 Å². The van der Waals surface area contributed by atoms with E-state index >= 15 is 0 Å². The summed E-state index contributed by atoms with van der Waals surface area (Å²) in [6.07, 6.45) is 1.83. The van der Waals surface area contributed by atoms with Crippen molar-refractivity contribution in [2.45, 2.75) is 13.8 Å². The molecule has 0 fully saturated rings. The molecule has 17 heavy (non-hydrogen) atoms. The van der Waals surface area contributed by atoms with Gasteiger partial charge in [0.25, 0.3) is 0 Å². The van der Waals surface area contributed by atoms with Crippen LogP contribution < -0.4 is 5.32 Å². The van der Waals surface area contributed by atoms with Crippen molar-refractivity contribution in [2.24, 2.45) is 7.05 Å². The number of aromatic carboxylic acids is 1. The van der Waals surface area contributed by atoms with Crippen LogP contribution in [0.15, 0.2) is 6.20 Å². The number of nitrogens with zero attached hydrogens (tertiary/aromatic N) is 3. The van der Waals surface area contributed by atoms with Crippen LogP contribution >= 0.6 is 11.3 Å². The molecule has 0 bridgehead atoms. The standard InChI is InChI=1S/C10H12N4O2S/c1-5-7(4-14(3)13-5)11-10-12-8(9(15)16)6(2)17-10/h4H,1-3H3,(H,11,12)(H,15,16). The maximum absolute atomic E-state index is 10.9. The Morgan fingerprint density at radius 1 is 1.53 bits per heavy atom. The molecule has 0 aromatic carbocycles. The van der Waals surface area contributed by atoms with E-state index in [4.69, 9.17) is 5.11 Å². The van der Waals surface area contributed by atoms with Crippen molar-refractivity contribution in [3.63, 3.8) is 0 Å². The Morgan fingerprint density at radius 2 is 2.24 bits per heavy atom. The van der Waals surface area contributed by atoms with Gasteiger partial charge < -0.3 is 10.4 Å². The molecule has 90 valence electrons. The van der Waals surface area contributed by atoms with E-state index < -0.39 is 5.97 Å². The molecule has 0 spiro atoms. The van der Waals surface area contributed by atoms with Gasteiger partial charge in [-0.05, 0) is 13.8 Å². The van der Waals surface area contributed by atoms with Crippen molar-refractivity contribution in [3.05, 3.63) is 22.5 Å². The fraction of sp³-hybridized carbons (Fsp3) is 0.300. The molecule has 2 aromatic rings. The summed E-state index contributed by atoms with van der Waals surface area (Å²) in [4.78, 5) is 15.6. The second-order valence-corrected chi connectivity index (χ2v) is 4.86. The molecule has 2 aromatic heterocycles. The Balaban J connectivity index is 2.28. The van der Waals surface area contributed by atoms with Crippen LogP contribution in [0.25, 0.3) is 0 Å². The quantitative estimate of drug-likeness (QED) is 0.872. The Bertz CT molecular complexity index is 573. The van der Waals surface area contributed by atoms with Crippen LogP contribution in [0.3, 0.4) is 0 Å². The van der Waals surface area contributed by atoms with Gasteiger partial charge in [0.15, 0.2) is 10.8 Å². The normalized spacial score (nSPS) is 10.5. The fourth-order valence-corrected chi connectivity index (χ4v) is 2.30. The minimum absolute atomic E-state index is 0.0963. The number of anilines is 2. The topological polar surface area (TPSA) is 80.0 Å². The summed E-state index contributed by atoms with van der Waals surface area (Å²) >= 11 is 1.32. The molecule has 6 nitrogen and oxygen atoms in total. The van der Waals surface area contributed by atoms with Crippen LogP contribution in [-0.4, -0.2) is 25.8 Å². The lowest BCUT2D eigenvalue weighted by Gasteiger charge is -1.98. The molecule has 0 radical (unpaired) electrons. The molecule has 0 amide bonds. The van der Waals surface area contributed by atoms with E-state index in [9.17, 15) is 4.79 Å². The first-order chi connectivity index (χ1) is 7.97. The van der Waals surface area contributed by atoms with Crippen LogP contribution in [0.5, 0.6) is 0 Å². The molecule has 2 N–H and O–H groups in total.